The first kappa shape index (κ1) is 20.0. The molecule has 1 heterocycles. The van der Waals surface area contributed by atoms with Crippen molar-refractivity contribution in [1.29, 1.82) is 0 Å². The number of hydrogen-bond acceptors (Lipinski definition) is 4. The van der Waals surface area contributed by atoms with Gasteiger partial charge in [-0.05, 0) is 41.0 Å². The highest BCUT2D eigenvalue weighted by molar-refractivity contribution is 6.31. The zero-order valence-corrected chi connectivity index (χ0v) is 17.2. The smallest absolute Gasteiger partial charge is 0.255 e. The van der Waals surface area contributed by atoms with Gasteiger partial charge in [0.15, 0.2) is 18.1 Å². The van der Waals surface area contributed by atoms with Gasteiger partial charge in [-0.25, -0.2) is 0 Å². The average molecular weight is 425 g/mol. The predicted molar refractivity (Wildman–Crippen MR) is 116 cm³/mol. The van der Waals surface area contributed by atoms with Crippen LogP contribution in [0.1, 0.15) is 30.4 Å². The largest absolute Gasteiger partial charge is 0.490 e. The predicted octanol–water partition coefficient (Wildman–Crippen LogP) is 4.23. The molecule has 0 radical (unpaired) electrons. The molecule has 0 bridgehead atoms. The zero-order chi connectivity index (χ0) is 21.3. The Bertz CT molecular complexity index is 1150. The third kappa shape index (κ3) is 3.78. The van der Waals surface area contributed by atoms with Crippen LogP contribution in [-0.2, 0) is 9.59 Å². The van der Waals surface area contributed by atoms with Crippen LogP contribution in [0.15, 0.2) is 48.5 Å². The molecule has 0 fully saturated rings. The fourth-order valence-corrected chi connectivity index (χ4v) is 4.17. The van der Waals surface area contributed by atoms with Gasteiger partial charge in [0.25, 0.3) is 5.91 Å². The molecule has 0 spiro atoms. The molecule has 4 rings (SSSR count). The molecule has 2 amide bonds. The summed E-state index contributed by atoms with van der Waals surface area (Å²) in [6, 6.07) is 15.4. The number of benzene rings is 3. The fraction of sp³-hybridized carbons (Fsp3) is 0.217. The summed E-state index contributed by atoms with van der Waals surface area (Å²) in [6.07, 6.45) is 0.258. The summed E-state index contributed by atoms with van der Waals surface area (Å²) in [5.74, 6) is -0.140. The van der Waals surface area contributed by atoms with Gasteiger partial charge in [-0.15, -0.1) is 0 Å². The lowest BCUT2D eigenvalue weighted by Gasteiger charge is -2.29. The number of carbonyl (C=O) groups is 2. The Morgan fingerprint density at radius 3 is 2.70 bits per heavy atom. The summed E-state index contributed by atoms with van der Waals surface area (Å²) < 4.78 is 11.2. The zero-order valence-electron chi connectivity index (χ0n) is 16.4. The molecule has 0 saturated carbocycles. The summed E-state index contributed by atoms with van der Waals surface area (Å²) in [7, 11) is 0. The fourth-order valence-electron chi connectivity index (χ4n) is 3.88. The summed E-state index contributed by atoms with van der Waals surface area (Å²) in [4.78, 5) is 23.6. The number of amides is 2. The van der Waals surface area contributed by atoms with Gasteiger partial charge >= 0.3 is 0 Å². The van der Waals surface area contributed by atoms with Crippen molar-refractivity contribution in [2.45, 2.75) is 19.3 Å². The molecule has 30 heavy (non-hydrogen) atoms. The van der Waals surface area contributed by atoms with Gasteiger partial charge in [0.05, 0.1) is 6.61 Å². The highest BCUT2D eigenvalue weighted by Gasteiger charge is 2.30. The Hall–Kier alpha value is -3.25. The van der Waals surface area contributed by atoms with E-state index in [0.717, 1.165) is 27.6 Å². The molecule has 1 aliphatic rings. The Morgan fingerprint density at radius 2 is 1.93 bits per heavy atom. The molecule has 0 aliphatic carbocycles. The molecule has 3 aromatic carbocycles. The van der Waals surface area contributed by atoms with E-state index in [0.29, 0.717) is 23.1 Å². The number of nitrogens with two attached hydrogens (primary N) is 1. The van der Waals surface area contributed by atoms with Crippen LogP contribution in [0.2, 0.25) is 5.02 Å². The summed E-state index contributed by atoms with van der Waals surface area (Å²) in [5, 5.41) is 5.53. The molecule has 154 valence electrons. The maximum Gasteiger partial charge on any atom is 0.255 e. The lowest BCUT2D eigenvalue weighted by Crippen LogP contribution is -2.24. The van der Waals surface area contributed by atoms with E-state index in [9.17, 15) is 9.59 Å². The second-order valence-corrected chi connectivity index (χ2v) is 7.47. The Morgan fingerprint density at radius 1 is 1.17 bits per heavy atom. The van der Waals surface area contributed by atoms with Crippen molar-refractivity contribution in [3.63, 3.8) is 0 Å². The van der Waals surface area contributed by atoms with Crippen molar-refractivity contribution in [3.8, 4) is 11.5 Å². The van der Waals surface area contributed by atoms with E-state index in [1.807, 2.05) is 43.3 Å². The number of halogens is 1. The lowest BCUT2D eigenvalue weighted by atomic mass is 9.82. The van der Waals surface area contributed by atoms with Gasteiger partial charge in [0.1, 0.15) is 0 Å². The quantitative estimate of drug-likeness (QED) is 0.619. The summed E-state index contributed by atoms with van der Waals surface area (Å²) in [6.45, 7) is 1.97. The minimum absolute atomic E-state index is 0.0779. The number of fused-ring (bicyclic) bond motifs is 3. The molecule has 0 unspecified atom stereocenters. The van der Waals surface area contributed by atoms with Crippen molar-refractivity contribution < 1.29 is 19.1 Å². The van der Waals surface area contributed by atoms with E-state index in [1.54, 1.807) is 12.1 Å². The number of ether oxygens (including phenoxy) is 2. The number of hydrogen-bond donors (Lipinski definition) is 2. The van der Waals surface area contributed by atoms with Gasteiger partial charge in [0.2, 0.25) is 5.91 Å². The third-order valence-electron chi connectivity index (χ3n) is 5.09. The molecular weight excluding hydrogens is 404 g/mol. The standard InChI is InChI=1S/C23H21ClN2O4/c1-2-29-19-9-15(17(24)11-20(19)30-12-21(25)27)16-10-22(28)26-18-8-7-13-5-3-4-6-14(13)23(16)18/h3-9,11,16H,2,10,12H2,1H3,(H2,25,27)(H,26,28)/t16-/m0/s1. The van der Waals surface area contributed by atoms with E-state index < -0.39 is 5.91 Å². The van der Waals surface area contributed by atoms with Crippen LogP contribution in [0.3, 0.4) is 0 Å². The van der Waals surface area contributed by atoms with Gasteiger partial charge in [-0.2, -0.15) is 0 Å². The van der Waals surface area contributed by atoms with Crippen molar-refractivity contribution in [3.05, 3.63) is 64.7 Å². The monoisotopic (exact) mass is 424 g/mol. The van der Waals surface area contributed by atoms with Crippen LogP contribution < -0.4 is 20.5 Å². The van der Waals surface area contributed by atoms with Gasteiger partial charge in [-0.1, -0.05) is 41.9 Å². The van der Waals surface area contributed by atoms with E-state index in [-0.39, 0.29) is 24.9 Å². The highest BCUT2D eigenvalue weighted by atomic mass is 35.5. The first-order valence-electron chi connectivity index (χ1n) is 9.66. The summed E-state index contributed by atoms with van der Waals surface area (Å²) >= 11 is 6.63. The SMILES string of the molecule is CCOc1cc([C@@H]2CC(=O)Nc3ccc4ccccc4c32)c(Cl)cc1OCC(N)=O. The number of rotatable bonds is 6. The van der Waals surface area contributed by atoms with Crippen molar-refractivity contribution in [2.24, 2.45) is 5.73 Å². The van der Waals surface area contributed by atoms with E-state index in [2.05, 4.69) is 5.32 Å². The second-order valence-electron chi connectivity index (χ2n) is 7.06. The molecule has 1 aliphatic heterocycles. The minimum Gasteiger partial charge on any atom is -0.490 e. The first-order chi connectivity index (χ1) is 14.5. The lowest BCUT2D eigenvalue weighted by molar-refractivity contribution is -0.120. The number of anilines is 1. The van der Waals surface area contributed by atoms with Crippen LogP contribution in [-0.4, -0.2) is 25.0 Å². The van der Waals surface area contributed by atoms with Crippen LogP contribution in [0.4, 0.5) is 5.69 Å². The van der Waals surface area contributed by atoms with Gasteiger partial charge in [-0.3, -0.25) is 9.59 Å². The van der Waals surface area contributed by atoms with Crippen molar-refractivity contribution >= 4 is 39.9 Å². The molecular formula is C23H21ClN2O4. The Kier molecular flexibility index (Phi) is 5.50. The molecule has 0 saturated heterocycles. The van der Waals surface area contributed by atoms with Crippen molar-refractivity contribution in [1.82, 2.24) is 0 Å². The normalized spacial score (nSPS) is 15.4. The number of nitrogens with one attached hydrogen (secondary N) is 1. The maximum atomic E-state index is 12.5. The van der Waals surface area contributed by atoms with Crippen LogP contribution in [0, 0.1) is 0 Å². The molecule has 1 atom stereocenters. The van der Waals surface area contributed by atoms with Gasteiger partial charge < -0.3 is 20.5 Å². The Labute approximate surface area is 178 Å². The second kappa shape index (κ2) is 8.24. The minimum atomic E-state index is -0.595. The van der Waals surface area contributed by atoms with Crippen LogP contribution >= 0.6 is 11.6 Å². The van der Waals surface area contributed by atoms with E-state index in [4.69, 9.17) is 26.8 Å². The number of primary amides is 1. The molecule has 7 heteroatoms. The molecule has 6 nitrogen and oxygen atoms in total. The maximum absolute atomic E-state index is 12.5. The van der Waals surface area contributed by atoms with E-state index >= 15 is 0 Å². The number of carbonyl (C=O) groups excluding carboxylic acids is 2. The molecule has 3 N–H and O–H groups in total. The third-order valence-corrected chi connectivity index (χ3v) is 5.42. The van der Waals surface area contributed by atoms with Gasteiger partial charge in [0, 0.05) is 29.1 Å². The van der Waals surface area contributed by atoms with Crippen LogP contribution in [0.5, 0.6) is 11.5 Å². The molecule has 0 aromatic heterocycles. The Balaban J connectivity index is 1.86. The van der Waals surface area contributed by atoms with Crippen LogP contribution in [0.25, 0.3) is 10.8 Å². The summed E-state index contributed by atoms with van der Waals surface area (Å²) in [5.41, 5.74) is 7.74. The first-order valence-corrected chi connectivity index (χ1v) is 10.0. The highest BCUT2D eigenvalue weighted by Crippen LogP contribution is 2.46. The topological polar surface area (TPSA) is 90.7 Å². The van der Waals surface area contributed by atoms with Crippen molar-refractivity contribution in [2.75, 3.05) is 18.5 Å². The van der Waals surface area contributed by atoms with E-state index in [1.165, 1.54) is 0 Å². The molecule has 3 aromatic rings. The average Bonchev–Trinajstić information content (AvgIpc) is 2.72.